The Morgan fingerprint density at radius 1 is 1.30 bits per heavy atom. The molecule has 0 spiro atoms. The topological polar surface area (TPSA) is 84.9 Å². The van der Waals surface area contributed by atoms with E-state index in [2.05, 4.69) is 5.32 Å². The summed E-state index contributed by atoms with van der Waals surface area (Å²) in [6.45, 7) is 0.571. The molecule has 0 bridgehead atoms. The Hall–Kier alpha value is -3.09. The molecule has 1 amide bonds. The molecular formula is C20H20FNO5. The van der Waals surface area contributed by atoms with Gasteiger partial charge in [-0.15, -0.1) is 0 Å². The maximum Gasteiger partial charge on any atom is 0.330 e. The van der Waals surface area contributed by atoms with E-state index < -0.39 is 23.7 Å². The quantitative estimate of drug-likeness (QED) is 0.779. The Labute approximate surface area is 155 Å². The van der Waals surface area contributed by atoms with E-state index in [9.17, 15) is 19.1 Å². The summed E-state index contributed by atoms with van der Waals surface area (Å²) in [5.74, 6) is -1.18. The van der Waals surface area contributed by atoms with Crippen molar-refractivity contribution in [2.75, 3.05) is 13.7 Å². The number of fused-ring (bicyclic) bond motifs is 1. The van der Waals surface area contributed by atoms with Crippen LogP contribution in [0.5, 0.6) is 11.5 Å². The lowest BCUT2D eigenvalue weighted by molar-refractivity contribution is -0.142. The first-order chi connectivity index (χ1) is 13.0. The van der Waals surface area contributed by atoms with Crippen molar-refractivity contribution in [2.45, 2.75) is 25.3 Å². The maximum atomic E-state index is 13.7. The van der Waals surface area contributed by atoms with Crippen LogP contribution < -0.4 is 14.8 Å². The van der Waals surface area contributed by atoms with Crippen LogP contribution in [0.25, 0.3) is 0 Å². The minimum atomic E-state index is -1.14. The molecule has 1 unspecified atom stereocenters. The van der Waals surface area contributed by atoms with Gasteiger partial charge in [-0.3, -0.25) is 4.79 Å². The van der Waals surface area contributed by atoms with Crippen LogP contribution in [0.4, 0.5) is 4.39 Å². The first-order valence-corrected chi connectivity index (χ1v) is 8.58. The number of hydrogen-bond donors (Lipinski definition) is 2. The first-order valence-electron chi connectivity index (χ1n) is 8.58. The average Bonchev–Trinajstić information content (AvgIpc) is 3.12. The molecule has 0 aromatic heterocycles. The van der Waals surface area contributed by atoms with Gasteiger partial charge >= 0.3 is 5.97 Å². The molecule has 0 radical (unpaired) electrons. The standard InChI is InChI=1S/C20H20FNO5/c1-26-17-5-2-12(10-15(17)21)3-7-18(23)22-19(20(24)25)14-4-6-16-13(11-14)8-9-27-16/h2,4-6,10-11,19H,3,7-9H2,1H3,(H,22,23)(H,24,25). The molecule has 0 saturated heterocycles. The molecule has 2 N–H and O–H groups in total. The Kier molecular flexibility index (Phi) is 5.59. The van der Waals surface area contributed by atoms with Crippen LogP contribution in [0.3, 0.4) is 0 Å². The molecule has 1 aliphatic heterocycles. The molecule has 27 heavy (non-hydrogen) atoms. The fraction of sp³-hybridized carbons (Fsp3) is 0.300. The molecule has 2 aromatic carbocycles. The Morgan fingerprint density at radius 3 is 2.81 bits per heavy atom. The van der Waals surface area contributed by atoms with Gasteiger partial charge in [-0.25, -0.2) is 9.18 Å². The van der Waals surface area contributed by atoms with Crippen LogP contribution >= 0.6 is 0 Å². The molecule has 2 aromatic rings. The summed E-state index contributed by atoms with van der Waals surface area (Å²) < 4.78 is 24.0. The van der Waals surface area contributed by atoms with Gasteiger partial charge in [0.25, 0.3) is 0 Å². The Morgan fingerprint density at radius 2 is 2.11 bits per heavy atom. The zero-order chi connectivity index (χ0) is 19.4. The lowest BCUT2D eigenvalue weighted by Crippen LogP contribution is -2.33. The number of hydrogen-bond acceptors (Lipinski definition) is 4. The number of ether oxygens (including phenoxy) is 2. The van der Waals surface area contributed by atoms with Gasteiger partial charge in [0.1, 0.15) is 5.75 Å². The summed E-state index contributed by atoms with van der Waals surface area (Å²) in [4.78, 5) is 23.8. The highest BCUT2D eigenvalue weighted by Crippen LogP contribution is 2.28. The highest BCUT2D eigenvalue weighted by molar-refractivity contribution is 5.84. The van der Waals surface area contributed by atoms with E-state index in [1.807, 2.05) is 0 Å². The third-order valence-corrected chi connectivity index (χ3v) is 4.46. The normalized spacial score (nSPS) is 13.4. The number of nitrogens with one attached hydrogen (secondary N) is 1. The predicted octanol–water partition coefficient (Wildman–Crippen LogP) is 2.64. The number of carboxylic acid groups (broad SMARTS) is 1. The summed E-state index contributed by atoms with van der Waals surface area (Å²) >= 11 is 0. The van der Waals surface area contributed by atoms with Crippen LogP contribution in [0, 0.1) is 5.82 Å². The number of rotatable bonds is 7. The predicted molar refractivity (Wildman–Crippen MR) is 95.4 cm³/mol. The van der Waals surface area contributed by atoms with Crippen molar-refractivity contribution in [1.29, 1.82) is 0 Å². The summed E-state index contributed by atoms with van der Waals surface area (Å²) in [5.41, 5.74) is 2.06. The third kappa shape index (κ3) is 4.36. The third-order valence-electron chi connectivity index (χ3n) is 4.46. The molecule has 142 valence electrons. The van der Waals surface area contributed by atoms with Crippen LogP contribution in [0.15, 0.2) is 36.4 Å². The van der Waals surface area contributed by atoms with Gasteiger partial charge in [0.15, 0.2) is 17.6 Å². The number of halogens is 1. The number of carboxylic acids is 1. The molecule has 1 atom stereocenters. The molecule has 1 heterocycles. The second-order valence-electron chi connectivity index (χ2n) is 6.27. The zero-order valence-corrected chi connectivity index (χ0v) is 14.8. The SMILES string of the molecule is COc1ccc(CCC(=O)NC(C(=O)O)c2ccc3c(c2)CCO3)cc1F. The zero-order valence-electron chi connectivity index (χ0n) is 14.8. The smallest absolute Gasteiger partial charge is 0.330 e. The van der Waals surface area contributed by atoms with Crippen molar-refractivity contribution in [3.05, 3.63) is 58.9 Å². The van der Waals surface area contributed by atoms with Crippen LogP contribution in [0.1, 0.15) is 29.2 Å². The molecule has 0 fully saturated rings. The van der Waals surface area contributed by atoms with E-state index in [1.54, 1.807) is 24.3 Å². The van der Waals surface area contributed by atoms with Crippen molar-refractivity contribution in [3.63, 3.8) is 0 Å². The van der Waals surface area contributed by atoms with Crippen molar-refractivity contribution in [1.82, 2.24) is 5.32 Å². The lowest BCUT2D eigenvalue weighted by Gasteiger charge is -2.16. The fourth-order valence-corrected chi connectivity index (χ4v) is 3.03. The molecular weight excluding hydrogens is 353 g/mol. The van der Waals surface area contributed by atoms with E-state index in [0.29, 0.717) is 24.2 Å². The number of carbonyl (C=O) groups excluding carboxylic acids is 1. The molecule has 3 rings (SSSR count). The summed E-state index contributed by atoms with van der Waals surface area (Å²) in [6.07, 6.45) is 1.05. The van der Waals surface area contributed by atoms with Crippen molar-refractivity contribution in [3.8, 4) is 11.5 Å². The van der Waals surface area contributed by atoms with Gasteiger partial charge in [-0.1, -0.05) is 12.1 Å². The number of amides is 1. The second kappa shape index (κ2) is 8.07. The van der Waals surface area contributed by atoms with Crippen molar-refractivity contribution < 1.29 is 28.6 Å². The number of methoxy groups -OCH3 is 1. The summed E-state index contributed by atoms with van der Waals surface area (Å²) in [7, 11) is 1.38. The fourth-order valence-electron chi connectivity index (χ4n) is 3.03. The first kappa shape index (κ1) is 18.7. The molecule has 0 aliphatic carbocycles. The van der Waals surface area contributed by atoms with E-state index in [1.165, 1.54) is 19.2 Å². The van der Waals surface area contributed by atoms with Gasteiger partial charge in [0.2, 0.25) is 5.91 Å². The largest absolute Gasteiger partial charge is 0.494 e. The van der Waals surface area contributed by atoms with Crippen molar-refractivity contribution in [2.24, 2.45) is 0 Å². The van der Waals surface area contributed by atoms with Gasteiger partial charge < -0.3 is 19.9 Å². The van der Waals surface area contributed by atoms with Gasteiger partial charge in [0, 0.05) is 12.8 Å². The number of aryl methyl sites for hydroxylation is 1. The lowest BCUT2D eigenvalue weighted by atomic mass is 10.0. The number of aliphatic carboxylic acids is 1. The van der Waals surface area contributed by atoms with Crippen LogP contribution in [-0.4, -0.2) is 30.7 Å². The maximum absolute atomic E-state index is 13.7. The number of benzene rings is 2. The van der Waals surface area contributed by atoms with Crippen molar-refractivity contribution >= 4 is 11.9 Å². The minimum absolute atomic E-state index is 0.0452. The molecule has 1 aliphatic rings. The van der Waals surface area contributed by atoms with E-state index in [4.69, 9.17) is 9.47 Å². The van der Waals surface area contributed by atoms with E-state index in [0.717, 1.165) is 11.3 Å². The van der Waals surface area contributed by atoms with Gasteiger partial charge in [0.05, 0.1) is 13.7 Å². The van der Waals surface area contributed by atoms with E-state index >= 15 is 0 Å². The molecule has 7 heteroatoms. The monoisotopic (exact) mass is 373 g/mol. The van der Waals surface area contributed by atoms with Crippen LogP contribution in [0.2, 0.25) is 0 Å². The average molecular weight is 373 g/mol. The van der Waals surface area contributed by atoms with Crippen LogP contribution in [-0.2, 0) is 22.4 Å². The molecule has 0 saturated carbocycles. The van der Waals surface area contributed by atoms with Gasteiger partial charge in [-0.2, -0.15) is 0 Å². The number of carbonyl (C=O) groups is 2. The minimum Gasteiger partial charge on any atom is -0.494 e. The highest BCUT2D eigenvalue weighted by atomic mass is 19.1. The Balaban J connectivity index is 1.64. The highest BCUT2D eigenvalue weighted by Gasteiger charge is 2.24. The molecule has 6 nitrogen and oxygen atoms in total. The van der Waals surface area contributed by atoms with Gasteiger partial charge in [-0.05, 0) is 47.4 Å². The van der Waals surface area contributed by atoms with E-state index in [-0.39, 0.29) is 18.6 Å². The summed E-state index contributed by atoms with van der Waals surface area (Å²) in [5, 5.41) is 12.0. The summed E-state index contributed by atoms with van der Waals surface area (Å²) in [6, 6.07) is 8.44. The Bertz CT molecular complexity index is 867. The second-order valence-corrected chi connectivity index (χ2v) is 6.27.